The van der Waals surface area contributed by atoms with E-state index in [2.05, 4.69) is 10.2 Å². The fraction of sp³-hybridized carbons (Fsp3) is 0.700. The van der Waals surface area contributed by atoms with E-state index >= 15 is 0 Å². The van der Waals surface area contributed by atoms with Gasteiger partial charge in [0.25, 0.3) is 10.0 Å². The van der Waals surface area contributed by atoms with Gasteiger partial charge in [-0.1, -0.05) is 0 Å². The molecule has 1 aromatic rings. The Morgan fingerprint density at radius 2 is 2.33 bits per heavy atom. The molecule has 102 valence electrons. The highest BCUT2D eigenvalue weighted by molar-refractivity contribution is 7.89. The summed E-state index contributed by atoms with van der Waals surface area (Å²) in [5, 5.41) is 6.60. The minimum atomic E-state index is -3.61. The SMILES string of the molecule is Cc1[nH]nc(S(=O)(=O)N2CCOCC2C)c1CCl. The Bertz CT molecular complexity index is 528. The fourth-order valence-corrected chi connectivity index (χ4v) is 4.16. The minimum absolute atomic E-state index is 0.0313. The number of aromatic nitrogens is 2. The Hall–Kier alpha value is -0.630. The van der Waals surface area contributed by atoms with E-state index in [-0.39, 0.29) is 16.9 Å². The van der Waals surface area contributed by atoms with Crippen LogP contribution in [0.4, 0.5) is 0 Å². The molecule has 8 heteroatoms. The molecule has 6 nitrogen and oxygen atoms in total. The van der Waals surface area contributed by atoms with Crippen molar-refractivity contribution in [3.63, 3.8) is 0 Å². The molecular weight excluding hydrogens is 278 g/mol. The lowest BCUT2D eigenvalue weighted by Gasteiger charge is -2.31. The van der Waals surface area contributed by atoms with Crippen molar-refractivity contribution >= 4 is 21.6 Å². The summed E-state index contributed by atoms with van der Waals surface area (Å²) in [7, 11) is -3.61. The Labute approximate surface area is 111 Å². The number of hydrogen-bond acceptors (Lipinski definition) is 4. The number of nitrogens with one attached hydrogen (secondary N) is 1. The Morgan fingerprint density at radius 3 is 2.94 bits per heavy atom. The van der Waals surface area contributed by atoms with Gasteiger partial charge in [-0.2, -0.15) is 9.40 Å². The molecule has 1 saturated heterocycles. The average molecular weight is 294 g/mol. The minimum Gasteiger partial charge on any atom is -0.378 e. The molecule has 0 saturated carbocycles. The van der Waals surface area contributed by atoms with Crippen molar-refractivity contribution in [1.29, 1.82) is 0 Å². The summed E-state index contributed by atoms with van der Waals surface area (Å²) in [6.07, 6.45) is 0. The second kappa shape index (κ2) is 5.16. The molecule has 18 heavy (non-hydrogen) atoms. The average Bonchev–Trinajstić information content (AvgIpc) is 2.71. The first-order valence-corrected chi connectivity index (χ1v) is 7.65. The van der Waals surface area contributed by atoms with E-state index in [0.29, 0.717) is 31.0 Å². The van der Waals surface area contributed by atoms with Crippen molar-refractivity contribution in [2.45, 2.75) is 30.8 Å². The van der Waals surface area contributed by atoms with E-state index in [1.807, 2.05) is 6.92 Å². The largest absolute Gasteiger partial charge is 0.378 e. The van der Waals surface area contributed by atoms with Gasteiger partial charge in [0.2, 0.25) is 0 Å². The summed E-state index contributed by atoms with van der Waals surface area (Å²) in [6, 6.07) is -0.191. The second-order valence-electron chi connectivity index (χ2n) is 4.31. The first kappa shape index (κ1) is 13.8. The summed E-state index contributed by atoms with van der Waals surface area (Å²) in [4.78, 5) is 0. The molecule has 0 amide bonds. The van der Waals surface area contributed by atoms with Crippen molar-refractivity contribution in [1.82, 2.24) is 14.5 Å². The molecule has 1 aliphatic heterocycles. The number of hydrogen-bond donors (Lipinski definition) is 1. The quantitative estimate of drug-likeness (QED) is 0.839. The predicted octanol–water partition coefficient (Wildman–Crippen LogP) is 0.866. The molecule has 0 spiro atoms. The van der Waals surface area contributed by atoms with E-state index in [4.69, 9.17) is 16.3 Å². The van der Waals surface area contributed by atoms with Crippen LogP contribution in [0.2, 0.25) is 0 Å². The monoisotopic (exact) mass is 293 g/mol. The molecule has 0 bridgehead atoms. The van der Waals surface area contributed by atoms with Crippen LogP contribution in [0.5, 0.6) is 0 Å². The summed E-state index contributed by atoms with van der Waals surface area (Å²) in [5.41, 5.74) is 1.22. The first-order chi connectivity index (χ1) is 8.48. The molecule has 2 heterocycles. The lowest BCUT2D eigenvalue weighted by molar-refractivity contribution is 0.0391. The van der Waals surface area contributed by atoms with Crippen molar-refractivity contribution < 1.29 is 13.2 Å². The van der Waals surface area contributed by atoms with Gasteiger partial charge in [0.15, 0.2) is 5.03 Å². The Kier molecular flexibility index (Phi) is 3.96. The molecule has 0 aromatic carbocycles. The lowest BCUT2D eigenvalue weighted by atomic mass is 10.3. The molecule has 1 N–H and O–H groups in total. The van der Waals surface area contributed by atoms with Gasteiger partial charge in [-0.05, 0) is 13.8 Å². The highest BCUT2D eigenvalue weighted by Gasteiger charge is 2.35. The summed E-state index contributed by atoms with van der Waals surface area (Å²) >= 11 is 5.79. The van der Waals surface area contributed by atoms with Crippen molar-refractivity contribution in [2.24, 2.45) is 0 Å². The second-order valence-corrected chi connectivity index (χ2v) is 6.38. The first-order valence-electron chi connectivity index (χ1n) is 5.68. The van der Waals surface area contributed by atoms with Crippen LogP contribution in [0.25, 0.3) is 0 Å². The molecule has 0 radical (unpaired) electrons. The number of sulfonamides is 1. The van der Waals surface area contributed by atoms with Gasteiger partial charge < -0.3 is 4.74 Å². The Morgan fingerprint density at radius 1 is 1.61 bits per heavy atom. The van der Waals surface area contributed by atoms with Gasteiger partial charge in [-0.15, -0.1) is 11.6 Å². The topological polar surface area (TPSA) is 75.3 Å². The molecular formula is C10H16ClN3O3S. The molecule has 2 rings (SSSR count). The third-order valence-corrected chi connectivity index (χ3v) is 5.28. The van der Waals surface area contributed by atoms with Crippen LogP contribution in [0.1, 0.15) is 18.2 Å². The number of aryl methyl sites for hydroxylation is 1. The van der Waals surface area contributed by atoms with Crippen LogP contribution in [-0.4, -0.2) is 48.7 Å². The third kappa shape index (κ3) is 2.27. The van der Waals surface area contributed by atoms with Gasteiger partial charge in [0, 0.05) is 23.8 Å². The van der Waals surface area contributed by atoms with E-state index in [0.717, 1.165) is 0 Å². The highest BCUT2D eigenvalue weighted by atomic mass is 35.5. The van der Waals surface area contributed by atoms with E-state index in [1.54, 1.807) is 6.92 Å². The van der Waals surface area contributed by atoms with E-state index in [9.17, 15) is 8.42 Å². The van der Waals surface area contributed by atoms with Crippen molar-refractivity contribution in [2.75, 3.05) is 19.8 Å². The van der Waals surface area contributed by atoms with Crippen molar-refractivity contribution in [3.05, 3.63) is 11.3 Å². The van der Waals surface area contributed by atoms with Gasteiger partial charge in [0.05, 0.1) is 19.1 Å². The maximum atomic E-state index is 12.5. The number of rotatable bonds is 3. The zero-order valence-corrected chi connectivity index (χ0v) is 11.9. The number of aromatic amines is 1. The number of alkyl halides is 1. The molecule has 1 aromatic heterocycles. The normalized spacial score (nSPS) is 22.3. The van der Waals surface area contributed by atoms with Crippen LogP contribution < -0.4 is 0 Å². The lowest BCUT2D eigenvalue weighted by Crippen LogP contribution is -2.47. The smallest absolute Gasteiger partial charge is 0.263 e. The maximum absolute atomic E-state index is 12.5. The zero-order chi connectivity index (χ0) is 13.3. The van der Waals surface area contributed by atoms with Crippen LogP contribution in [0, 0.1) is 6.92 Å². The fourth-order valence-electron chi connectivity index (χ4n) is 1.98. The summed E-state index contributed by atoms with van der Waals surface area (Å²) < 4.78 is 31.7. The molecule has 1 atom stereocenters. The number of ether oxygens (including phenoxy) is 1. The number of morpholine rings is 1. The molecule has 1 aliphatic rings. The summed E-state index contributed by atoms with van der Waals surface area (Å²) in [5.74, 6) is 0.121. The van der Waals surface area contributed by atoms with E-state index < -0.39 is 10.0 Å². The van der Waals surface area contributed by atoms with Gasteiger partial charge in [-0.3, -0.25) is 5.10 Å². The molecule has 1 unspecified atom stereocenters. The van der Waals surface area contributed by atoms with Gasteiger partial charge in [0.1, 0.15) is 0 Å². The number of halogens is 1. The van der Waals surface area contributed by atoms with Crippen LogP contribution in [0.3, 0.4) is 0 Å². The highest BCUT2D eigenvalue weighted by Crippen LogP contribution is 2.24. The number of nitrogens with zero attached hydrogens (tertiary/aromatic N) is 2. The van der Waals surface area contributed by atoms with Gasteiger partial charge >= 0.3 is 0 Å². The van der Waals surface area contributed by atoms with E-state index in [1.165, 1.54) is 4.31 Å². The Balaban J connectivity index is 2.41. The molecule has 0 aliphatic carbocycles. The number of H-pyrrole nitrogens is 1. The van der Waals surface area contributed by atoms with Crippen LogP contribution in [0.15, 0.2) is 5.03 Å². The van der Waals surface area contributed by atoms with Gasteiger partial charge in [-0.25, -0.2) is 8.42 Å². The zero-order valence-electron chi connectivity index (χ0n) is 10.3. The molecule has 1 fully saturated rings. The van der Waals surface area contributed by atoms with Crippen molar-refractivity contribution in [3.8, 4) is 0 Å². The predicted molar refractivity (Wildman–Crippen MR) is 67.1 cm³/mol. The third-order valence-electron chi connectivity index (χ3n) is 3.03. The van der Waals surface area contributed by atoms with Crippen LogP contribution in [-0.2, 0) is 20.6 Å². The van der Waals surface area contributed by atoms with Crippen LogP contribution >= 0.6 is 11.6 Å². The summed E-state index contributed by atoms with van der Waals surface area (Å²) in [6.45, 7) is 4.72. The maximum Gasteiger partial charge on any atom is 0.263 e. The standard InChI is InChI=1S/C10H16ClN3O3S/c1-7-6-17-4-3-14(7)18(15,16)10-9(5-11)8(2)12-13-10/h7H,3-6H2,1-2H3,(H,12,13).